The highest BCUT2D eigenvalue weighted by atomic mass is 79.9. The van der Waals surface area contributed by atoms with E-state index >= 15 is 0 Å². The lowest BCUT2D eigenvalue weighted by Gasteiger charge is -2.27. The van der Waals surface area contributed by atoms with E-state index in [1.54, 1.807) is 6.20 Å². The maximum absolute atomic E-state index is 10.5. The number of halogens is 1. The number of hydrogen-bond acceptors (Lipinski definition) is 3. The summed E-state index contributed by atoms with van der Waals surface area (Å²) in [5.41, 5.74) is 0.930. The van der Waals surface area contributed by atoms with Crippen LogP contribution in [0.1, 0.15) is 50.9 Å². The molecule has 0 radical (unpaired) electrons. The van der Waals surface area contributed by atoms with E-state index in [1.165, 1.54) is 12.8 Å². The first-order valence-electron chi connectivity index (χ1n) is 6.14. The molecule has 0 bridgehead atoms. The van der Waals surface area contributed by atoms with Gasteiger partial charge in [0, 0.05) is 11.3 Å². The fourth-order valence-corrected chi connectivity index (χ4v) is 4.06. The Hall–Kier alpha value is -0.0000000000000000555. The largest absolute Gasteiger partial charge is 0.386 e. The molecule has 0 aromatic carbocycles. The van der Waals surface area contributed by atoms with Gasteiger partial charge in [-0.2, -0.15) is 16.9 Å². The molecular weight excluding hydrogens is 300 g/mol. The molecule has 0 saturated carbocycles. The van der Waals surface area contributed by atoms with Gasteiger partial charge in [-0.25, -0.2) is 0 Å². The molecule has 2 rings (SSSR count). The van der Waals surface area contributed by atoms with E-state index in [-0.39, 0.29) is 6.04 Å². The summed E-state index contributed by atoms with van der Waals surface area (Å²) in [5, 5.41) is 15.2. The molecule has 1 fully saturated rings. The second-order valence-corrected chi connectivity index (χ2v) is 6.97. The maximum atomic E-state index is 10.5. The molecule has 5 heteroatoms. The third kappa shape index (κ3) is 2.88. The number of aliphatic hydroxyl groups excluding tert-OH is 1. The van der Waals surface area contributed by atoms with Gasteiger partial charge in [0.15, 0.2) is 0 Å². The van der Waals surface area contributed by atoms with Gasteiger partial charge in [0.2, 0.25) is 0 Å². The topological polar surface area (TPSA) is 38.0 Å². The van der Waals surface area contributed by atoms with Crippen molar-refractivity contribution in [2.75, 3.05) is 5.75 Å². The van der Waals surface area contributed by atoms with Crippen LogP contribution in [0, 0.1) is 0 Å². The van der Waals surface area contributed by atoms with Crippen LogP contribution in [0.15, 0.2) is 10.7 Å². The van der Waals surface area contributed by atoms with Crippen LogP contribution in [0.2, 0.25) is 0 Å². The predicted molar refractivity (Wildman–Crippen MR) is 75.4 cm³/mol. The normalized spacial score (nSPS) is 23.0. The minimum Gasteiger partial charge on any atom is -0.386 e. The first-order chi connectivity index (χ1) is 8.11. The van der Waals surface area contributed by atoms with Crippen LogP contribution in [0.25, 0.3) is 0 Å². The van der Waals surface area contributed by atoms with Crippen molar-refractivity contribution in [2.24, 2.45) is 0 Å². The van der Waals surface area contributed by atoms with Gasteiger partial charge in [-0.15, -0.1) is 0 Å². The zero-order chi connectivity index (χ0) is 12.4. The molecule has 17 heavy (non-hydrogen) atoms. The molecule has 1 aliphatic rings. The van der Waals surface area contributed by atoms with E-state index in [0.29, 0.717) is 5.25 Å². The third-order valence-corrected chi connectivity index (χ3v) is 5.18. The Morgan fingerprint density at radius 2 is 2.29 bits per heavy atom. The van der Waals surface area contributed by atoms with Crippen molar-refractivity contribution < 1.29 is 5.11 Å². The fraction of sp³-hybridized carbons (Fsp3) is 0.750. The summed E-state index contributed by atoms with van der Waals surface area (Å²) in [7, 11) is 0. The number of aliphatic hydroxyl groups is 1. The molecule has 2 atom stereocenters. The van der Waals surface area contributed by atoms with Crippen molar-refractivity contribution in [3.8, 4) is 0 Å². The van der Waals surface area contributed by atoms with Crippen molar-refractivity contribution in [1.82, 2.24) is 9.78 Å². The zero-order valence-corrected chi connectivity index (χ0v) is 12.7. The second-order valence-electron chi connectivity index (χ2n) is 4.77. The Labute approximate surface area is 115 Å². The highest BCUT2D eigenvalue weighted by Crippen LogP contribution is 2.37. The highest BCUT2D eigenvalue weighted by Gasteiger charge is 2.28. The number of aromatic nitrogens is 2. The number of nitrogens with zero attached hydrogens (tertiary/aromatic N) is 2. The summed E-state index contributed by atoms with van der Waals surface area (Å²) in [5.74, 6) is 1.16. The molecular formula is C12H19BrN2OS. The quantitative estimate of drug-likeness (QED) is 0.926. The third-order valence-electron chi connectivity index (χ3n) is 3.12. The van der Waals surface area contributed by atoms with Crippen LogP contribution in [0.3, 0.4) is 0 Å². The minimum atomic E-state index is -0.417. The lowest BCUT2D eigenvalue weighted by Crippen LogP contribution is -2.23. The molecule has 1 aromatic heterocycles. The molecule has 1 aliphatic heterocycles. The molecule has 1 aromatic rings. The van der Waals surface area contributed by atoms with Gasteiger partial charge in [-0.3, -0.25) is 4.68 Å². The summed E-state index contributed by atoms with van der Waals surface area (Å²) in [6.07, 6.45) is 4.97. The van der Waals surface area contributed by atoms with Crippen LogP contribution in [0.4, 0.5) is 0 Å². The molecule has 2 heterocycles. The van der Waals surface area contributed by atoms with E-state index in [0.717, 1.165) is 22.3 Å². The van der Waals surface area contributed by atoms with Gasteiger partial charge in [-0.1, -0.05) is 6.42 Å². The van der Waals surface area contributed by atoms with E-state index in [1.807, 2.05) is 16.4 Å². The summed E-state index contributed by atoms with van der Waals surface area (Å²) in [6, 6.07) is 0.277. The van der Waals surface area contributed by atoms with Crippen LogP contribution in [-0.4, -0.2) is 25.9 Å². The standard InChI is InChI=1S/C12H19BrN2OS/c1-8(2)15-11(9(13)7-14-15)12(16)10-5-3-4-6-17-10/h7-8,10,12,16H,3-6H2,1-2H3. The van der Waals surface area contributed by atoms with E-state index in [2.05, 4.69) is 34.9 Å². The van der Waals surface area contributed by atoms with Gasteiger partial charge in [-0.05, 0) is 48.4 Å². The molecule has 1 saturated heterocycles. The Kier molecular flexibility index (Phi) is 4.55. The lowest BCUT2D eigenvalue weighted by atomic mass is 10.1. The van der Waals surface area contributed by atoms with Gasteiger partial charge < -0.3 is 5.11 Å². The first-order valence-corrected chi connectivity index (χ1v) is 7.98. The number of rotatable bonds is 3. The van der Waals surface area contributed by atoms with Crippen molar-refractivity contribution in [3.63, 3.8) is 0 Å². The average Bonchev–Trinajstić information content (AvgIpc) is 2.71. The molecule has 0 aliphatic carbocycles. The second kappa shape index (κ2) is 5.76. The van der Waals surface area contributed by atoms with Crippen LogP contribution < -0.4 is 0 Å². The van der Waals surface area contributed by atoms with Gasteiger partial charge >= 0.3 is 0 Å². The fourth-order valence-electron chi connectivity index (χ4n) is 2.23. The smallest absolute Gasteiger partial charge is 0.109 e. The van der Waals surface area contributed by atoms with Crippen molar-refractivity contribution in [2.45, 2.75) is 50.5 Å². The van der Waals surface area contributed by atoms with E-state index in [9.17, 15) is 5.11 Å². The van der Waals surface area contributed by atoms with Crippen molar-refractivity contribution in [1.29, 1.82) is 0 Å². The summed E-state index contributed by atoms with van der Waals surface area (Å²) < 4.78 is 2.84. The summed E-state index contributed by atoms with van der Waals surface area (Å²) >= 11 is 5.39. The SMILES string of the molecule is CC(C)n1ncc(Br)c1C(O)C1CCCCS1. The molecule has 2 unspecified atom stereocenters. The van der Waals surface area contributed by atoms with Crippen LogP contribution >= 0.6 is 27.7 Å². The van der Waals surface area contributed by atoms with Crippen LogP contribution in [0.5, 0.6) is 0 Å². The van der Waals surface area contributed by atoms with E-state index < -0.39 is 6.10 Å². The zero-order valence-electron chi connectivity index (χ0n) is 10.3. The molecule has 0 spiro atoms. The Morgan fingerprint density at radius 1 is 1.53 bits per heavy atom. The van der Waals surface area contributed by atoms with Gasteiger partial charge in [0.1, 0.15) is 6.10 Å². The lowest BCUT2D eigenvalue weighted by molar-refractivity contribution is 0.155. The highest BCUT2D eigenvalue weighted by molar-refractivity contribution is 9.10. The molecule has 1 N–H and O–H groups in total. The molecule has 0 amide bonds. The van der Waals surface area contributed by atoms with Crippen molar-refractivity contribution >= 4 is 27.7 Å². The Balaban J connectivity index is 2.22. The monoisotopic (exact) mass is 318 g/mol. The summed E-state index contributed by atoms with van der Waals surface area (Å²) in [4.78, 5) is 0. The number of thioether (sulfide) groups is 1. The molecule has 96 valence electrons. The first kappa shape index (κ1) is 13.4. The Bertz CT molecular complexity index is 375. The molecule has 3 nitrogen and oxygen atoms in total. The van der Waals surface area contributed by atoms with Gasteiger partial charge in [0.25, 0.3) is 0 Å². The van der Waals surface area contributed by atoms with E-state index in [4.69, 9.17) is 0 Å². The van der Waals surface area contributed by atoms with Crippen molar-refractivity contribution in [3.05, 3.63) is 16.4 Å². The van der Waals surface area contributed by atoms with Gasteiger partial charge in [0.05, 0.1) is 16.4 Å². The minimum absolute atomic E-state index is 0.277. The maximum Gasteiger partial charge on any atom is 0.109 e. The number of hydrogen-bond donors (Lipinski definition) is 1. The van der Waals surface area contributed by atoms with Crippen LogP contribution in [-0.2, 0) is 0 Å². The Morgan fingerprint density at radius 3 is 2.88 bits per heavy atom. The average molecular weight is 319 g/mol. The predicted octanol–water partition coefficient (Wildman–Crippen LogP) is 3.55. The summed E-state index contributed by atoms with van der Waals surface area (Å²) in [6.45, 7) is 4.17.